The molecule has 1 atom stereocenters. The van der Waals surface area contributed by atoms with E-state index in [1.54, 1.807) is 4.90 Å². The van der Waals surface area contributed by atoms with Crippen molar-refractivity contribution in [2.45, 2.75) is 18.9 Å². The van der Waals surface area contributed by atoms with Crippen molar-refractivity contribution in [2.75, 3.05) is 44.1 Å². The fourth-order valence-electron chi connectivity index (χ4n) is 1.88. The van der Waals surface area contributed by atoms with Crippen molar-refractivity contribution in [3.8, 4) is 0 Å². The van der Waals surface area contributed by atoms with E-state index < -0.39 is 0 Å². The number of ether oxygens (including phenoxy) is 1. The number of hydrogen-bond donors (Lipinski definition) is 0. The second-order valence-corrected chi connectivity index (χ2v) is 4.95. The maximum atomic E-state index is 5.91. The zero-order valence-electron chi connectivity index (χ0n) is 10.9. The first-order valence-corrected chi connectivity index (χ1v) is 6.35. The topological polar surface area (TPSA) is 54.4 Å². The molecule has 1 aromatic heterocycles. The third-order valence-corrected chi connectivity index (χ3v) is 3.00. The number of anilines is 2. The van der Waals surface area contributed by atoms with E-state index in [1.807, 2.05) is 26.0 Å². The predicted octanol–water partition coefficient (Wildman–Crippen LogP) is 1.21. The smallest absolute Gasteiger partial charge is 0.231 e. The molecule has 100 valence electrons. The molecule has 2 rings (SSSR count). The molecule has 0 N–H and O–H groups in total. The van der Waals surface area contributed by atoms with Crippen molar-refractivity contribution >= 4 is 23.5 Å². The summed E-state index contributed by atoms with van der Waals surface area (Å²) in [6.45, 7) is 1.62. The van der Waals surface area contributed by atoms with Crippen molar-refractivity contribution in [3.05, 3.63) is 5.28 Å². The molecule has 2 heterocycles. The molecule has 1 aliphatic heterocycles. The molecule has 0 bridgehead atoms. The summed E-state index contributed by atoms with van der Waals surface area (Å²) in [6.07, 6.45) is 2.47. The molecular weight excluding hydrogens is 254 g/mol. The van der Waals surface area contributed by atoms with Crippen molar-refractivity contribution in [1.29, 1.82) is 0 Å². The number of aromatic nitrogens is 3. The standard InChI is InChI=1S/C11H18ClN5O/c1-16(2)10-13-9(12)14-11(15-10)17(3)7-8-5-4-6-18-8/h8H,4-7H2,1-3H3. The summed E-state index contributed by atoms with van der Waals surface area (Å²) >= 11 is 5.91. The molecule has 1 saturated heterocycles. The minimum atomic E-state index is 0.211. The lowest BCUT2D eigenvalue weighted by atomic mass is 10.2. The van der Waals surface area contributed by atoms with Crippen LogP contribution in [0.2, 0.25) is 5.28 Å². The van der Waals surface area contributed by atoms with E-state index in [1.165, 1.54) is 0 Å². The Morgan fingerprint density at radius 2 is 1.94 bits per heavy atom. The van der Waals surface area contributed by atoms with Crippen molar-refractivity contribution < 1.29 is 4.74 Å². The van der Waals surface area contributed by atoms with Gasteiger partial charge in [0.05, 0.1) is 6.10 Å². The summed E-state index contributed by atoms with van der Waals surface area (Å²) in [4.78, 5) is 16.3. The highest BCUT2D eigenvalue weighted by molar-refractivity contribution is 6.28. The lowest BCUT2D eigenvalue weighted by Crippen LogP contribution is -2.30. The number of hydrogen-bond acceptors (Lipinski definition) is 6. The number of likely N-dealkylation sites (N-methyl/N-ethyl adjacent to an activating group) is 1. The van der Waals surface area contributed by atoms with Crippen LogP contribution in [0, 0.1) is 0 Å². The van der Waals surface area contributed by atoms with Gasteiger partial charge in [0.15, 0.2) is 0 Å². The fraction of sp³-hybridized carbons (Fsp3) is 0.727. The molecule has 6 nitrogen and oxygen atoms in total. The number of rotatable bonds is 4. The van der Waals surface area contributed by atoms with Crippen LogP contribution in [0.25, 0.3) is 0 Å². The molecule has 7 heteroatoms. The normalized spacial score (nSPS) is 19.0. The van der Waals surface area contributed by atoms with Crippen LogP contribution >= 0.6 is 11.6 Å². The lowest BCUT2D eigenvalue weighted by Gasteiger charge is -2.21. The molecule has 0 saturated carbocycles. The quantitative estimate of drug-likeness (QED) is 0.820. The molecule has 0 radical (unpaired) electrons. The predicted molar refractivity (Wildman–Crippen MR) is 71.4 cm³/mol. The minimum absolute atomic E-state index is 0.211. The van der Waals surface area contributed by atoms with Gasteiger partial charge in [-0.1, -0.05) is 0 Å². The van der Waals surface area contributed by atoms with Crippen molar-refractivity contribution in [2.24, 2.45) is 0 Å². The summed E-state index contributed by atoms with van der Waals surface area (Å²) in [6, 6.07) is 0. The number of halogens is 1. The lowest BCUT2D eigenvalue weighted by molar-refractivity contribution is 0.116. The Hall–Kier alpha value is -1.14. The summed E-state index contributed by atoms with van der Waals surface area (Å²) in [5.74, 6) is 1.14. The van der Waals surface area contributed by atoms with Crippen molar-refractivity contribution in [1.82, 2.24) is 15.0 Å². The molecule has 1 aromatic rings. The van der Waals surface area contributed by atoms with Crippen LogP contribution in [0.3, 0.4) is 0 Å². The highest BCUT2D eigenvalue weighted by atomic mass is 35.5. The van der Waals surface area contributed by atoms with Gasteiger partial charge in [-0.25, -0.2) is 0 Å². The Morgan fingerprint density at radius 1 is 1.22 bits per heavy atom. The van der Waals surface area contributed by atoms with E-state index in [9.17, 15) is 0 Å². The van der Waals surface area contributed by atoms with Gasteiger partial charge in [-0.05, 0) is 24.4 Å². The van der Waals surface area contributed by atoms with E-state index in [2.05, 4.69) is 15.0 Å². The van der Waals surface area contributed by atoms with E-state index >= 15 is 0 Å². The maximum Gasteiger partial charge on any atom is 0.231 e. The monoisotopic (exact) mass is 271 g/mol. The van der Waals surface area contributed by atoms with Crippen LogP contribution in [-0.2, 0) is 4.74 Å². The Kier molecular flexibility index (Phi) is 4.19. The Balaban J connectivity index is 2.10. The van der Waals surface area contributed by atoms with Crippen LogP contribution in [0.15, 0.2) is 0 Å². The molecular formula is C11H18ClN5O. The highest BCUT2D eigenvalue weighted by Gasteiger charge is 2.19. The Morgan fingerprint density at radius 3 is 2.56 bits per heavy atom. The zero-order valence-corrected chi connectivity index (χ0v) is 11.7. The van der Waals surface area contributed by atoms with Crippen molar-refractivity contribution in [3.63, 3.8) is 0 Å². The number of nitrogens with zero attached hydrogens (tertiary/aromatic N) is 5. The van der Waals surface area contributed by atoms with Crippen LogP contribution in [0.4, 0.5) is 11.9 Å². The molecule has 0 amide bonds. The van der Waals surface area contributed by atoms with Crippen LogP contribution in [0.1, 0.15) is 12.8 Å². The zero-order chi connectivity index (χ0) is 13.1. The fourth-order valence-corrected chi connectivity index (χ4v) is 2.03. The molecule has 1 unspecified atom stereocenters. The van der Waals surface area contributed by atoms with Gasteiger partial charge in [-0.3, -0.25) is 0 Å². The van der Waals surface area contributed by atoms with E-state index in [0.29, 0.717) is 11.9 Å². The van der Waals surface area contributed by atoms with Crippen LogP contribution in [0.5, 0.6) is 0 Å². The van der Waals surface area contributed by atoms with E-state index in [4.69, 9.17) is 16.3 Å². The molecule has 1 aliphatic rings. The van der Waals surface area contributed by atoms with Crippen LogP contribution in [-0.4, -0.2) is 55.4 Å². The first-order valence-electron chi connectivity index (χ1n) is 5.98. The average Bonchev–Trinajstić information content (AvgIpc) is 2.80. The third-order valence-electron chi connectivity index (χ3n) is 2.83. The first-order chi connectivity index (χ1) is 8.56. The molecule has 1 fully saturated rings. The van der Waals surface area contributed by atoms with Crippen LogP contribution < -0.4 is 9.80 Å². The van der Waals surface area contributed by atoms with Gasteiger partial charge in [0.1, 0.15) is 0 Å². The van der Waals surface area contributed by atoms with E-state index in [0.717, 1.165) is 26.0 Å². The molecule has 0 spiro atoms. The van der Waals surface area contributed by atoms with Gasteiger partial charge in [0.2, 0.25) is 17.2 Å². The summed E-state index contributed by atoms with van der Waals surface area (Å²) < 4.78 is 5.60. The summed E-state index contributed by atoms with van der Waals surface area (Å²) in [5, 5.41) is 0.211. The van der Waals surface area contributed by atoms with E-state index in [-0.39, 0.29) is 11.4 Å². The van der Waals surface area contributed by atoms with Gasteiger partial charge < -0.3 is 14.5 Å². The van der Waals surface area contributed by atoms with Gasteiger partial charge in [0.25, 0.3) is 0 Å². The summed E-state index contributed by atoms with van der Waals surface area (Å²) in [5.41, 5.74) is 0. The largest absolute Gasteiger partial charge is 0.376 e. The second-order valence-electron chi connectivity index (χ2n) is 4.61. The third kappa shape index (κ3) is 3.20. The molecule has 18 heavy (non-hydrogen) atoms. The van der Waals surface area contributed by atoms with Gasteiger partial charge in [-0.15, -0.1) is 0 Å². The Labute approximate surface area is 112 Å². The first kappa shape index (κ1) is 13.3. The van der Waals surface area contributed by atoms with Gasteiger partial charge in [0, 0.05) is 34.3 Å². The Bertz CT molecular complexity index is 408. The average molecular weight is 272 g/mol. The molecule has 0 aromatic carbocycles. The SMILES string of the molecule is CN(C)c1nc(Cl)nc(N(C)CC2CCCO2)n1. The highest BCUT2D eigenvalue weighted by Crippen LogP contribution is 2.18. The summed E-state index contributed by atoms with van der Waals surface area (Å²) in [7, 11) is 5.68. The minimum Gasteiger partial charge on any atom is -0.376 e. The maximum absolute atomic E-state index is 5.91. The molecule has 0 aliphatic carbocycles. The van der Waals surface area contributed by atoms with Gasteiger partial charge >= 0.3 is 0 Å². The second kappa shape index (κ2) is 5.67. The van der Waals surface area contributed by atoms with Gasteiger partial charge in [-0.2, -0.15) is 15.0 Å².